The van der Waals surface area contributed by atoms with Crippen molar-refractivity contribution in [2.75, 3.05) is 14.2 Å². The van der Waals surface area contributed by atoms with E-state index in [9.17, 15) is 4.79 Å². The highest BCUT2D eigenvalue weighted by Gasteiger charge is 2.31. The van der Waals surface area contributed by atoms with Gasteiger partial charge in [0.25, 0.3) is 0 Å². The molecule has 0 aliphatic carbocycles. The van der Waals surface area contributed by atoms with E-state index in [0.29, 0.717) is 0 Å². The van der Waals surface area contributed by atoms with Gasteiger partial charge in [0, 0.05) is 11.1 Å². The van der Waals surface area contributed by atoms with Crippen LogP contribution >= 0.6 is 0 Å². The van der Waals surface area contributed by atoms with Crippen LogP contribution in [0.3, 0.4) is 0 Å². The van der Waals surface area contributed by atoms with Crippen molar-refractivity contribution in [3.8, 4) is 11.5 Å². The molecule has 0 fully saturated rings. The topological polar surface area (TPSA) is 40.0 Å². The van der Waals surface area contributed by atoms with Gasteiger partial charge in [0.05, 0.1) is 21.1 Å². The fraction of sp³-hybridized carbons (Fsp3) is 0.174. The van der Waals surface area contributed by atoms with Crippen molar-refractivity contribution >= 4 is 11.6 Å². The highest BCUT2D eigenvalue weighted by atomic mass is 16.5. The Kier molecular flexibility index (Phi) is 5.89. The molecule has 0 aliphatic rings. The fourth-order valence-electron chi connectivity index (χ4n) is 3.31. The summed E-state index contributed by atoms with van der Waals surface area (Å²) in [5.41, 5.74) is 3.01. The first-order valence-corrected chi connectivity index (χ1v) is 8.85. The Morgan fingerprint density at radius 3 is 1.56 bits per heavy atom. The number of ether oxygens (including phenoxy) is 2. The van der Waals surface area contributed by atoms with E-state index in [1.54, 1.807) is 21.1 Å². The van der Waals surface area contributed by atoms with E-state index in [-0.39, 0.29) is 11.9 Å². The molecule has 3 aromatic carbocycles. The van der Waals surface area contributed by atoms with Crippen LogP contribution in [0.4, 0.5) is 5.69 Å². The quantitative estimate of drug-likeness (QED) is 0.729. The molecule has 138 valence electrons. The Hall–Kier alpha value is -3.11. The first kappa shape index (κ1) is 18.7. The lowest BCUT2D eigenvalue weighted by atomic mass is 9.96. The highest BCUT2D eigenvalue weighted by Crippen LogP contribution is 2.25. The first-order chi connectivity index (χ1) is 13.1. The third kappa shape index (κ3) is 4.18. The number of amides is 1. The second-order valence-corrected chi connectivity index (χ2v) is 6.32. The van der Waals surface area contributed by atoms with Crippen molar-refractivity contribution in [1.29, 1.82) is 0 Å². The van der Waals surface area contributed by atoms with Crippen LogP contribution in [-0.2, 0) is 4.79 Å². The number of methoxy groups -OCH3 is 2. The van der Waals surface area contributed by atoms with Crippen molar-refractivity contribution in [3.05, 3.63) is 90.0 Å². The molecule has 27 heavy (non-hydrogen) atoms. The maximum Gasteiger partial charge on any atom is 0.314 e. The normalized spacial score (nSPS) is 11.9. The lowest BCUT2D eigenvalue weighted by Crippen LogP contribution is -3.10. The molecular weight excluding hydrogens is 338 g/mol. The molecule has 0 saturated heterocycles. The second kappa shape index (κ2) is 8.52. The Morgan fingerprint density at radius 1 is 0.741 bits per heavy atom. The third-order valence-corrected chi connectivity index (χ3v) is 4.65. The zero-order chi connectivity index (χ0) is 19.2. The van der Waals surface area contributed by atoms with Gasteiger partial charge in [0.15, 0.2) is 6.04 Å². The van der Waals surface area contributed by atoms with E-state index < -0.39 is 0 Å². The average Bonchev–Trinajstić information content (AvgIpc) is 2.72. The van der Waals surface area contributed by atoms with E-state index in [4.69, 9.17) is 9.47 Å². The molecule has 1 N–H and O–H groups in total. The van der Waals surface area contributed by atoms with Gasteiger partial charge in [-0.05, 0) is 60.7 Å². The third-order valence-electron chi connectivity index (χ3n) is 4.65. The first-order valence-electron chi connectivity index (χ1n) is 8.85. The van der Waals surface area contributed by atoms with Crippen LogP contribution in [0.5, 0.6) is 11.5 Å². The van der Waals surface area contributed by atoms with Crippen LogP contribution in [0.2, 0.25) is 0 Å². The highest BCUT2D eigenvalue weighted by molar-refractivity contribution is 5.67. The minimum Gasteiger partial charge on any atom is -0.497 e. The molecule has 1 amide bonds. The summed E-state index contributed by atoms with van der Waals surface area (Å²) < 4.78 is 10.6. The Morgan fingerprint density at radius 2 is 1.19 bits per heavy atom. The molecule has 0 spiro atoms. The number of hydrogen-bond donors (Lipinski definition) is 1. The Bertz CT molecular complexity index is 826. The van der Waals surface area contributed by atoms with E-state index >= 15 is 0 Å². The Labute approximate surface area is 160 Å². The average molecular weight is 362 g/mol. The second-order valence-electron chi connectivity index (χ2n) is 6.32. The summed E-state index contributed by atoms with van der Waals surface area (Å²) in [6, 6.07) is 25.4. The summed E-state index contributed by atoms with van der Waals surface area (Å²) in [7, 11) is 3.29. The molecule has 0 saturated carbocycles. The van der Waals surface area contributed by atoms with E-state index in [1.807, 2.05) is 78.9 Å². The number of rotatable bonds is 6. The van der Waals surface area contributed by atoms with E-state index in [1.165, 1.54) is 0 Å². The van der Waals surface area contributed by atoms with Crippen molar-refractivity contribution in [2.45, 2.75) is 13.0 Å². The van der Waals surface area contributed by atoms with Crippen LogP contribution in [0, 0.1) is 0 Å². The molecule has 1 unspecified atom stereocenters. The molecule has 0 radical (unpaired) electrons. The van der Waals surface area contributed by atoms with Crippen LogP contribution in [0.25, 0.3) is 0 Å². The number of carbonyl (C=O) groups is 1. The smallest absolute Gasteiger partial charge is 0.314 e. The van der Waals surface area contributed by atoms with Crippen LogP contribution in [0.15, 0.2) is 78.9 Å². The zero-order valence-electron chi connectivity index (χ0n) is 15.8. The SMILES string of the molecule is COc1ccc(C(c2ccc(OC)cc2)[NH+](C(C)=O)c2ccccc2)cc1. The summed E-state index contributed by atoms with van der Waals surface area (Å²) >= 11 is 0. The molecular formula is C23H24NO3+. The fourth-order valence-corrected chi connectivity index (χ4v) is 3.31. The van der Waals surface area contributed by atoms with E-state index in [2.05, 4.69) is 0 Å². The van der Waals surface area contributed by atoms with Crippen molar-refractivity contribution in [2.24, 2.45) is 0 Å². The molecule has 4 nitrogen and oxygen atoms in total. The van der Waals surface area contributed by atoms with Crippen molar-refractivity contribution in [3.63, 3.8) is 0 Å². The van der Waals surface area contributed by atoms with Gasteiger partial charge in [0.2, 0.25) is 0 Å². The van der Waals surface area contributed by atoms with E-state index in [0.717, 1.165) is 33.2 Å². The van der Waals surface area contributed by atoms with Gasteiger partial charge in [-0.25, -0.2) is 9.69 Å². The van der Waals surface area contributed by atoms with Gasteiger partial charge in [-0.15, -0.1) is 0 Å². The lowest BCUT2D eigenvalue weighted by molar-refractivity contribution is -0.778. The largest absolute Gasteiger partial charge is 0.497 e. The van der Waals surface area contributed by atoms with Crippen LogP contribution in [-0.4, -0.2) is 20.1 Å². The van der Waals surface area contributed by atoms with Crippen molar-refractivity contribution < 1.29 is 19.2 Å². The standard InChI is InChI=1S/C23H23NO3/c1-17(25)24(20-7-5-4-6-8-20)23(18-9-13-21(26-2)14-10-18)19-11-15-22(27-3)16-12-19/h4-16,23H,1-3H3/p+1. The summed E-state index contributed by atoms with van der Waals surface area (Å²) in [5, 5.41) is 0. The molecule has 0 aromatic heterocycles. The molecule has 0 bridgehead atoms. The minimum absolute atomic E-state index is 0.0536. The molecule has 0 heterocycles. The van der Waals surface area contributed by atoms with Gasteiger partial charge in [-0.2, -0.15) is 0 Å². The van der Waals surface area contributed by atoms with Crippen LogP contribution in [0.1, 0.15) is 24.1 Å². The molecule has 0 aliphatic heterocycles. The summed E-state index contributed by atoms with van der Waals surface area (Å²) in [6.45, 7) is 1.63. The molecule has 3 aromatic rings. The van der Waals surface area contributed by atoms with Gasteiger partial charge in [-0.3, -0.25) is 0 Å². The van der Waals surface area contributed by atoms with Gasteiger partial charge in [0.1, 0.15) is 17.2 Å². The van der Waals surface area contributed by atoms with Gasteiger partial charge in [-0.1, -0.05) is 18.2 Å². The number of quaternary nitrogens is 1. The van der Waals surface area contributed by atoms with Gasteiger partial charge >= 0.3 is 5.91 Å². The predicted molar refractivity (Wildman–Crippen MR) is 106 cm³/mol. The lowest BCUT2D eigenvalue weighted by Gasteiger charge is -2.26. The molecule has 3 rings (SSSR count). The summed E-state index contributed by atoms with van der Waals surface area (Å²) in [6.07, 6.45) is 0. The molecule has 1 atom stereocenters. The summed E-state index contributed by atoms with van der Waals surface area (Å²) in [5.74, 6) is 1.63. The van der Waals surface area contributed by atoms with Crippen LogP contribution < -0.4 is 14.4 Å². The number of benzene rings is 3. The Balaban J connectivity index is 2.13. The van der Waals surface area contributed by atoms with Gasteiger partial charge < -0.3 is 9.47 Å². The van der Waals surface area contributed by atoms with Crippen molar-refractivity contribution in [1.82, 2.24) is 0 Å². The zero-order valence-corrected chi connectivity index (χ0v) is 15.8. The number of hydrogen-bond acceptors (Lipinski definition) is 3. The summed E-state index contributed by atoms with van der Waals surface area (Å²) in [4.78, 5) is 13.5. The predicted octanol–water partition coefficient (Wildman–Crippen LogP) is 3.56. The minimum atomic E-state index is -0.179. The molecule has 4 heteroatoms. The monoisotopic (exact) mass is 362 g/mol. The maximum absolute atomic E-state index is 12.7. The number of nitrogens with one attached hydrogen (secondary N) is 1. The maximum atomic E-state index is 12.7. The number of para-hydroxylation sites is 1. The number of carbonyl (C=O) groups excluding carboxylic acids is 1.